The quantitative estimate of drug-likeness (QED) is 0.344. The lowest BCUT2D eigenvalue weighted by molar-refractivity contribution is 0.143. The van der Waals surface area contributed by atoms with Gasteiger partial charge in [-0.1, -0.05) is 90.9 Å². The Hall–Kier alpha value is -0.730. The van der Waals surface area contributed by atoms with E-state index in [-0.39, 0.29) is 6.09 Å². The first kappa shape index (κ1) is 21.3. The monoisotopic (exact) mass is 313 g/mol. The van der Waals surface area contributed by atoms with Crippen LogP contribution in [0.3, 0.4) is 0 Å². The van der Waals surface area contributed by atoms with Crippen LogP contribution in [0.1, 0.15) is 104 Å². The van der Waals surface area contributed by atoms with Crippen LogP contribution < -0.4 is 5.32 Å². The van der Waals surface area contributed by atoms with E-state index in [2.05, 4.69) is 19.2 Å². The Morgan fingerprint density at radius 3 is 1.68 bits per heavy atom. The highest BCUT2D eigenvalue weighted by Gasteiger charge is 2.00. The summed E-state index contributed by atoms with van der Waals surface area (Å²) in [6, 6.07) is 0. The molecule has 22 heavy (non-hydrogen) atoms. The second-order valence-corrected chi connectivity index (χ2v) is 6.31. The molecule has 0 aromatic rings. The largest absolute Gasteiger partial charge is 0.450 e. The predicted molar refractivity (Wildman–Crippen MR) is 95.3 cm³/mol. The molecule has 0 unspecified atom stereocenters. The molecule has 3 heteroatoms. The standard InChI is InChI=1S/C19H39NO2/c1-3-5-7-9-10-11-12-13-14-16-18-22-19(21)20-17-15-8-6-4-2/h3-18H2,1-2H3,(H,20,21). The van der Waals surface area contributed by atoms with Gasteiger partial charge in [0.2, 0.25) is 0 Å². The molecule has 0 spiro atoms. The van der Waals surface area contributed by atoms with Crippen LogP contribution in [0, 0.1) is 0 Å². The van der Waals surface area contributed by atoms with Crippen molar-refractivity contribution in [1.29, 1.82) is 0 Å². The van der Waals surface area contributed by atoms with Crippen LogP contribution in [-0.2, 0) is 4.74 Å². The Balaban J connectivity index is 3.10. The number of unbranched alkanes of at least 4 members (excludes halogenated alkanes) is 12. The molecule has 0 aliphatic heterocycles. The molecule has 0 saturated carbocycles. The molecule has 1 N–H and O–H groups in total. The molecule has 132 valence electrons. The van der Waals surface area contributed by atoms with E-state index < -0.39 is 0 Å². The van der Waals surface area contributed by atoms with Crippen LogP contribution in [-0.4, -0.2) is 19.2 Å². The van der Waals surface area contributed by atoms with Gasteiger partial charge >= 0.3 is 6.09 Å². The topological polar surface area (TPSA) is 38.3 Å². The lowest BCUT2D eigenvalue weighted by Gasteiger charge is -2.07. The number of ether oxygens (including phenoxy) is 1. The maximum atomic E-state index is 11.4. The third-order valence-corrected chi connectivity index (χ3v) is 4.03. The van der Waals surface area contributed by atoms with Gasteiger partial charge in [-0.05, 0) is 12.8 Å². The SMILES string of the molecule is CCCCCCCCCCCCOC(=O)NCCCCCC. The molecule has 0 radical (unpaired) electrons. The Morgan fingerprint density at radius 2 is 1.14 bits per heavy atom. The average Bonchev–Trinajstić information content (AvgIpc) is 2.52. The number of hydrogen-bond acceptors (Lipinski definition) is 2. The third kappa shape index (κ3) is 17.3. The van der Waals surface area contributed by atoms with Gasteiger partial charge in [-0.2, -0.15) is 0 Å². The summed E-state index contributed by atoms with van der Waals surface area (Å²) in [5, 5.41) is 2.82. The van der Waals surface area contributed by atoms with Crippen molar-refractivity contribution in [2.75, 3.05) is 13.2 Å². The van der Waals surface area contributed by atoms with Gasteiger partial charge in [0.25, 0.3) is 0 Å². The summed E-state index contributed by atoms with van der Waals surface area (Å²) in [6.45, 7) is 5.76. The van der Waals surface area contributed by atoms with Crippen molar-refractivity contribution in [2.45, 2.75) is 104 Å². The lowest BCUT2D eigenvalue weighted by atomic mass is 10.1. The summed E-state index contributed by atoms with van der Waals surface area (Å²) in [6.07, 6.45) is 17.5. The van der Waals surface area contributed by atoms with E-state index in [1.165, 1.54) is 77.0 Å². The molecule has 0 heterocycles. The molecule has 0 bridgehead atoms. The minimum absolute atomic E-state index is 0.243. The lowest BCUT2D eigenvalue weighted by Crippen LogP contribution is -2.25. The summed E-state index contributed by atoms with van der Waals surface area (Å²) in [5.74, 6) is 0. The van der Waals surface area contributed by atoms with E-state index in [9.17, 15) is 4.79 Å². The molecule has 0 aromatic carbocycles. The Bertz CT molecular complexity index is 231. The number of hydrogen-bond donors (Lipinski definition) is 1. The molecular weight excluding hydrogens is 274 g/mol. The van der Waals surface area contributed by atoms with Crippen molar-refractivity contribution in [3.8, 4) is 0 Å². The van der Waals surface area contributed by atoms with Crippen LogP contribution in [0.5, 0.6) is 0 Å². The molecule has 0 fully saturated rings. The summed E-state index contributed by atoms with van der Waals surface area (Å²) in [5.41, 5.74) is 0. The van der Waals surface area contributed by atoms with E-state index >= 15 is 0 Å². The van der Waals surface area contributed by atoms with Crippen LogP contribution in [0.2, 0.25) is 0 Å². The Labute approximate surface area is 138 Å². The fourth-order valence-electron chi connectivity index (χ4n) is 2.55. The van der Waals surface area contributed by atoms with Crippen molar-refractivity contribution >= 4 is 6.09 Å². The van der Waals surface area contributed by atoms with E-state index in [4.69, 9.17) is 4.74 Å². The smallest absolute Gasteiger partial charge is 0.407 e. The molecule has 3 nitrogen and oxygen atoms in total. The van der Waals surface area contributed by atoms with Gasteiger partial charge in [0, 0.05) is 6.54 Å². The predicted octanol–water partition coefficient (Wildman–Crippen LogP) is 6.21. The van der Waals surface area contributed by atoms with E-state index in [0.29, 0.717) is 6.61 Å². The number of amides is 1. The molecule has 0 aliphatic carbocycles. The number of nitrogens with one attached hydrogen (secondary N) is 1. The second-order valence-electron chi connectivity index (χ2n) is 6.31. The molecule has 0 aliphatic rings. The maximum absolute atomic E-state index is 11.4. The molecule has 0 rings (SSSR count). The Morgan fingerprint density at radius 1 is 0.682 bits per heavy atom. The fraction of sp³-hybridized carbons (Fsp3) is 0.947. The van der Waals surface area contributed by atoms with Crippen LogP contribution in [0.25, 0.3) is 0 Å². The number of carbonyl (C=O) groups is 1. The third-order valence-electron chi connectivity index (χ3n) is 4.03. The molecular formula is C19H39NO2. The number of carbonyl (C=O) groups excluding carboxylic acids is 1. The molecule has 1 amide bonds. The van der Waals surface area contributed by atoms with Gasteiger partial charge in [0.15, 0.2) is 0 Å². The average molecular weight is 314 g/mol. The van der Waals surface area contributed by atoms with Crippen molar-refractivity contribution in [3.05, 3.63) is 0 Å². The van der Waals surface area contributed by atoms with E-state index in [0.717, 1.165) is 19.4 Å². The molecule has 0 aromatic heterocycles. The van der Waals surface area contributed by atoms with E-state index in [1.807, 2.05) is 0 Å². The van der Waals surface area contributed by atoms with Crippen molar-refractivity contribution < 1.29 is 9.53 Å². The zero-order valence-electron chi connectivity index (χ0n) is 15.1. The maximum Gasteiger partial charge on any atom is 0.407 e. The highest BCUT2D eigenvalue weighted by Crippen LogP contribution is 2.10. The van der Waals surface area contributed by atoms with E-state index in [1.54, 1.807) is 0 Å². The van der Waals surface area contributed by atoms with Gasteiger partial charge in [-0.3, -0.25) is 0 Å². The molecule has 0 atom stereocenters. The van der Waals surface area contributed by atoms with Gasteiger partial charge in [0.1, 0.15) is 0 Å². The zero-order chi connectivity index (χ0) is 16.3. The van der Waals surface area contributed by atoms with Crippen LogP contribution >= 0.6 is 0 Å². The van der Waals surface area contributed by atoms with Crippen molar-refractivity contribution in [2.24, 2.45) is 0 Å². The highest BCUT2D eigenvalue weighted by atomic mass is 16.5. The minimum Gasteiger partial charge on any atom is -0.450 e. The minimum atomic E-state index is -0.243. The first-order valence-corrected chi connectivity index (χ1v) is 9.71. The van der Waals surface area contributed by atoms with Crippen molar-refractivity contribution in [3.63, 3.8) is 0 Å². The van der Waals surface area contributed by atoms with Crippen molar-refractivity contribution in [1.82, 2.24) is 5.32 Å². The van der Waals surface area contributed by atoms with Gasteiger partial charge in [0.05, 0.1) is 6.61 Å². The normalized spacial score (nSPS) is 10.6. The summed E-state index contributed by atoms with van der Waals surface area (Å²) >= 11 is 0. The zero-order valence-corrected chi connectivity index (χ0v) is 15.1. The number of alkyl carbamates (subject to hydrolysis) is 1. The fourth-order valence-corrected chi connectivity index (χ4v) is 2.55. The van der Waals surface area contributed by atoms with Crippen LogP contribution in [0.15, 0.2) is 0 Å². The van der Waals surface area contributed by atoms with Crippen LogP contribution in [0.4, 0.5) is 4.79 Å². The summed E-state index contributed by atoms with van der Waals surface area (Å²) in [7, 11) is 0. The second kappa shape index (κ2) is 18.3. The molecule has 0 saturated heterocycles. The first-order valence-electron chi connectivity index (χ1n) is 9.71. The van der Waals surface area contributed by atoms with Gasteiger partial charge in [-0.25, -0.2) is 4.79 Å². The highest BCUT2D eigenvalue weighted by molar-refractivity contribution is 5.66. The summed E-state index contributed by atoms with van der Waals surface area (Å²) in [4.78, 5) is 11.4. The number of rotatable bonds is 16. The summed E-state index contributed by atoms with van der Waals surface area (Å²) < 4.78 is 5.17. The van der Waals surface area contributed by atoms with Gasteiger partial charge < -0.3 is 10.1 Å². The Kier molecular flexibility index (Phi) is 17.7. The first-order chi connectivity index (χ1) is 10.8. The van der Waals surface area contributed by atoms with Gasteiger partial charge in [-0.15, -0.1) is 0 Å².